The molecule has 1 rings (SSSR count). The van der Waals surface area contributed by atoms with Gasteiger partial charge in [0.2, 0.25) is 0 Å². The van der Waals surface area contributed by atoms with Crippen LogP contribution in [0.1, 0.15) is 47.0 Å². The lowest BCUT2D eigenvalue weighted by molar-refractivity contribution is 0.0217. The van der Waals surface area contributed by atoms with Gasteiger partial charge in [0.1, 0.15) is 5.60 Å². The van der Waals surface area contributed by atoms with Gasteiger partial charge in [-0.1, -0.05) is 6.92 Å². The van der Waals surface area contributed by atoms with E-state index in [0.717, 1.165) is 0 Å². The largest absolute Gasteiger partial charge is 0.444 e. The first-order valence-electron chi connectivity index (χ1n) is 6.85. The Morgan fingerprint density at radius 1 is 1.26 bits per heavy atom. The molecular weight excluding hydrogens is 266 g/mol. The zero-order valence-corrected chi connectivity index (χ0v) is 13.1. The minimum Gasteiger partial charge on any atom is -0.444 e. The molecule has 5 nitrogen and oxygen atoms in total. The van der Waals surface area contributed by atoms with Gasteiger partial charge in [-0.25, -0.2) is 13.2 Å². The standard InChI is InChI=1S/C13H25NO4S/c1-5-10-19(16,17)11-6-8-14(9-7-11)12(15)18-13(2,3)4/h11H,5-10H2,1-4H3. The van der Waals surface area contributed by atoms with E-state index < -0.39 is 15.4 Å². The molecule has 112 valence electrons. The molecule has 0 spiro atoms. The fraction of sp³-hybridized carbons (Fsp3) is 0.923. The molecule has 1 aliphatic heterocycles. The van der Waals surface area contributed by atoms with E-state index in [0.29, 0.717) is 32.4 Å². The zero-order chi connectivity index (χ0) is 14.7. The van der Waals surface area contributed by atoms with Crippen molar-refractivity contribution in [1.29, 1.82) is 0 Å². The van der Waals surface area contributed by atoms with Gasteiger partial charge < -0.3 is 9.64 Å². The van der Waals surface area contributed by atoms with Gasteiger partial charge in [-0.15, -0.1) is 0 Å². The summed E-state index contributed by atoms with van der Waals surface area (Å²) >= 11 is 0. The lowest BCUT2D eigenvalue weighted by Gasteiger charge is -2.33. The van der Waals surface area contributed by atoms with Crippen LogP contribution >= 0.6 is 0 Å². The van der Waals surface area contributed by atoms with E-state index in [9.17, 15) is 13.2 Å². The van der Waals surface area contributed by atoms with Crippen LogP contribution in [0.25, 0.3) is 0 Å². The zero-order valence-electron chi connectivity index (χ0n) is 12.3. The molecule has 0 aliphatic carbocycles. The number of hydrogen-bond acceptors (Lipinski definition) is 4. The molecule has 1 heterocycles. The molecule has 1 aliphatic rings. The van der Waals surface area contributed by atoms with Gasteiger partial charge in [0.15, 0.2) is 9.84 Å². The second-order valence-electron chi connectivity index (χ2n) is 6.03. The van der Waals surface area contributed by atoms with E-state index in [-0.39, 0.29) is 17.1 Å². The van der Waals surface area contributed by atoms with Crippen molar-refractivity contribution in [2.45, 2.75) is 57.8 Å². The van der Waals surface area contributed by atoms with E-state index in [4.69, 9.17) is 4.74 Å². The summed E-state index contributed by atoms with van der Waals surface area (Å²) in [4.78, 5) is 13.5. The third kappa shape index (κ3) is 5.01. The van der Waals surface area contributed by atoms with Crippen molar-refractivity contribution in [2.75, 3.05) is 18.8 Å². The number of carbonyl (C=O) groups excluding carboxylic acids is 1. The third-order valence-electron chi connectivity index (χ3n) is 3.09. The van der Waals surface area contributed by atoms with Crippen LogP contribution in [0.2, 0.25) is 0 Å². The maximum atomic E-state index is 12.0. The lowest BCUT2D eigenvalue weighted by atomic mass is 10.1. The number of rotatable bonds is 3. The number of ether oxygens (including phenoxy) is 1. The number of carbonyl (C=O) groups is 1. The molecule has 0 radical (unpaired) electrons. The summed E-state index contributed by atoms with van der Waals surface area (Å²) in [7, 11) is -3.00. The van der Waals surface area contributed by atoms with Gasteiger partial charge >= 0.3 is 6.09 Å². The van der Waals surface area contributed by atoms with Crippen molar-refractivity contribution in [3.63, 3.8) is 0 Å². The van der Waals surface area contributed by atoms with Crippen molar-refractivity contribution in [2.24, 2.45) is 0 Å². The number of hydrogen-bond donors (Lipinski definition) is 0. The fourth-order valence-corrected chi connectivity index (χ4v) is 4.01. The summed E-state index contributed by atoms with van der Waals surface area (Å²) in [6.45, 7) is 8.26. The molecule has 6 heteroatoms. The van der Waals surface area contributed by atoms with Crippen LogP contribution < -0.4 is 0 Å². The summed E-state index contributed by atoms with van der Waals surface area (Å²) in [5, 5.41) is -0.300. The van der Waals surface area contributed by atoms with Gasteiger partial charge in [0.05, 0.1) is 11.0 Å². The Labute approximate surface area is 116 Å². The predicted octanol–water partition coefficient (Wildman–Crippen LogP) is 2.21. The number of likely N-dealkylation sites (tertiary alicyclic amines) is 1. The molecule has 1 saturated heterocycles. The van der Waals surface area contributed by atoms with E-state index in [1.165, 1.54) is 0 Å². The number of sulfone groups is 1. The average molecular weight is 291 g/mol. The second kappa shape index (κ2) is 6.11. The summed E-state index contributed by atoms with van der Waals surface area (Å²) in [5.41, 5.74) is -0.512. The Morgan fingerprint density at radius 2 is 1.79 bits per heavy atom. The highest BCUT2D eigenvalue weighted by molar-refractivity contribution is 7.92. The molecule has 1 amide bonds. The molecule has 0 N–H and O–H groups in total. The van der Waals surface area contributed by atoms with Crippen LogP contribution in [0.5, 0.6) is 0 Å². The molecule has 0 bridgehead atoms. The Morgan fingerprint density at radius 3 is 2.21 bits per heavy atom. The quantitative estimate of drug-likeness (QED) is 0.799. The van der Waals surface area contributed by atoms with Crippen LogP contribution in [0.15, 0.2) is 0 Å². The van der Waals surface area contributed by atoms with Crippen LogP contribution in [0.4, 0.5) is 4.79 Å². The van der Waals surface area contributed by atoms with E-state index >= 15 is 0 Å². The number of piperidine rings is 1. The predicted molar refractivity (Wildman–Crippen MR) is 74.9 cm³/mol. The van der Waals surface area contributed by atoms with Crippen LogP contribution in [-0.4, -0.2) is 49.1 Å². The normalized spacial score (nSPS) is 18.4. The first-order valence-corrected chi connectivity index (χ1v) is 8.57. The molecule has 0 unspecified atom stereocenters. The number of nitrogens with zero attached hydrogens (tertiary/aromatic N) is 1. The molecule has 0 aromatic heterocycles. The van der Waals surface area contributed by atoms with Gasteiger partial charge in [-0.3, -0.25) is 0 Å². The second-order valence-corrected chi connectivity index (χ2v) is 8.43. The van der Waals surface area contributed by atoms with Gasteiger partial charge in [0.25, 0.3) is 0 Å². The van der Waals surface area contributed by atoms with Crippen molar-refractivity contribution >= 4 is 15.9 Å². The van der Waals surface area contributed by atoms with Crippen LogP contribution in [-0.2, 0) is 14.6 Å². The van der Waals surface area contributed by atoms with E-state index in [1.807, 2.05) is 27.7 Å². The van der Waals surface area contributed by atoms with Crippen molar-refractivity contribution < 1.29 is 17.9 Å². The summed E-state index contributed by atoms with van der Waals surface area (Å²) < 4.78 is 29.2. The number of amides is 1. The highest BCUT2D eigenvalue weighted by Crippen LogP contribution is 2.21. The van der Waals surface area contributed by atoms with Crippen molar-refractivity contribution in [3.8, 4) is 0 Å². The fourth-order valence-electron chi connectivity index (χ4n) is 2.18. The Bertz CT molecular complexity index is 403. The molecular formula is C13H25NO4S. The molecule has 1 fully saturated rings. The minimum absolute atomic E-state index is 0.240. The molecule has 0 aromatic rings. The Kier molecular flexibility index (Phi) is 5.24. The molecule has 19 heavy (non-hydrogen) atoms. The Hall–Kier alpha value is -0.780. The van der Waals surface area contributed by atoms with Crippen molar-refractivity contribution in [1.82, 2.24) is 4.90 Å². The minimum atomic E-state index is -3.00. The van der Waals surface area contributed by atoms with Gasteiger partial charge in [-0.05, 0) is 40.0 Å². The van der Waals surface area contributed by atoms with Crippen LogP contribution in [0.3, 0.4) is 0 Å². The monoisotopic (exact) mass is 291 g/mol. The van der Waals surface area contributed by atoms with Gasteiger partial charge in [-0.2, -0.15) is 0 Å². The van der Waals surface area contributed by atoms with Gasteiger partial charge in [0, 0.05) is 13.1 Å². The third-order valence-corrected chi connectivity index (χ3v) is 5.55. The maximum absolute atomic E-state index is 12.0. The molecule has 0 aromatic carbocycles. The smallest absolute Gasteiger partial charge is 0.410 e. The maximum Gasteiger partial charge on any atom is 0.410 e. The van der Waals surface area contributed by atoms with Crippen LogP contribution in [0, 0.1) is 0 Å². The highest BCUT2D eigenvalue weighted by Gasteiger charge is 2.32. The highest BCUT2D eigenvalue weighted by atomic mass is 32.2. The molecule has 0 atom stereocenters. The lowest BCUT2D eigenvalue weighted by Crippen LogP contribution is -2.45. The summed E-state index contributed by atoms with van der Waals surface area (Å²) in [5.74, 6) is 0.240. The summed E-state index contributed by atoms with van der Waals surface area (Å²) in [6.07, 6.45) is 1.33. The molecule has 0 saturated carbocycles. The first kappa shape index (κ1) is 16.3. The SMILES string of the molecule is CCCS(=O)(=O)C1CCN(C(=O)OC(C)(C)C)CC1. The first-order chi connectivity index (χ1) is 8.65. The van der Waals surface area contributed by atoms with E-state index in [2.05, 4.69) is 0 Å². The van der Waals surface area contributed by atoms with Crippen molar-refractivity contribution in [3.05, 3.63) is 0 Å². The summed E-state index contributed by atoms with van der Waals surface area (Å²) in [6, 6.07) is 0. The van der Waals surface area contributed by atoms with E-state index in [1.54, 1.807) is 4.90 Å². The topological polar surface area (TPSA) is 63.7 Å². The average Bonchev–Trinajstić information content (AvgIpc) is 2.27. The Balaban J connectivity index is 2.52.